The van der Waals surface area contributed by atoms with Crippen LogP contribution in [0.5, 0.6) is 0 Å². The van der Waals surface area contributed by atoms with Crippen LogP contribution in [0.1, 0.15) is 25.6 Å². The van der Waals surface area contributed by atoms with Gasteiger partial charge < -0.3 is 4.42 Å². The molecule has 0 fully saturated rings. The van der Waals surface area contributed by atoms with Crippen molar-refractivity contribution < 1.29 is 12.8 Å². The highest BCUT2D eigenvalue weighted by atomic mass is 32.2. The van der Waals surface area contributed by atoms with E-state index < -0.39 is 10.0 Å². The molecule has 24 heavy (non-hydrogen) atoms. The molecule has 0 spiro atoms. The Balaban J connectivity index is 1.99. The minimum Gasteiger partial charge on any atom is -0.468 e. The molecule has 3 aromatic rings. The Morgan fingerprint density at radius 3 is 2.54 bits per heavy atom. The first-order valence-electron chi connectivity index (χ1n) is 7.64. The fourth-order valence-corrected chi connectivity index (χ4v) is 3.44. The Bertz CT molecular complexity index is 898. The van der Waals surface area contributed by atoms with Crippen LogP contribution in [0.2, 0.25) is 0 Å². The van der Waals surface area contributed by atoms with Crippen molar-refractivity contribution >= 4 is 10.0 Å². The Morgan fingerprint density at radius 1 is 1.17 bits per heavy atom. The molecule has 0 unspecified atom stereocenters. The number of furan rings is 1. The van der Waals surface area contributed by atoms with Crippen LogP contribution in [-0.4, -0.2) is 18.2 Å². The van der Waals surface area contributed by atoms with E-state index in [9.17, 15) is 8.42 Å². The maximum absolute atomic E-state index is 12.8. The largest absolute Gasteiger partial charge is 0.468 e. The number of rotatable bonds is 6. The van der Waals surface area contributed by atoms with Crippen molar-refractivity contribution in [1.82, 2.24) is 14.5 Å². The molecule has 0 radical (unpaired) electrons. The van der Waals surface area contributed by atoms with Crippen LogP contribution in [0.15, 0.2) is 64.2 Å². The van der Waals surface area contributed by atoms with E-state index in [2.05, 4.69) is 9.82 Å². The average Bonchev–Trinajstić information content (AvgIpc) is 3.24. The number of sulfonamides is 1. The van der Waals surface area contributed by atoms with Crippen molar-refractivity contribution in [3.05, 3.63) is 60.7 Å². The van der Waals surface area contributed by atoms with Gasteiger partial charge in [0.15, 0.2) is 0 Å². The summed E-state index contributed by atoms with van der Waals surface area (Å²) in [5.41, 5.74) is 1.20. The smallest absolute Gasteiger partial charge is 0.244 e. The molecule has 0 atom stereocenters. The Hall–Kier alpha value is -2.38. The fourth-order valence-electron chi connectivity index (χ4n) is 2.29. The monoisotopic (exact) mass is 345 g/mol. The Morgan fingerprint density at radius 2 is 1.92 bits per heavy atom. The summed E-state index contributed by atoms with van der Waals surface area (Å²) in [6.07, 6.45) is 3.08. The molecule has 2 heterocycles. The summed E-state index contributed by atoms with van der Waals surface area (Å²) in [6.45, 7) is 4.00. The van der Waals surface area contributed by atoms with E-state index in [1.54, 1.807) is 23.0 Å². The molecule has 1 N–H and O–H groups in total. The first-order chi connectivity index (χ1) is 11.5. The van der Waals surface area contributed by atoms with Gasteiger partial charge in [-0.05, 0) is 26.0 Å². The summed E-state index contributed by atoms with van der Waals surface area (Å²) in [4.78, 5) is 0.161. The van der Waals surface area contributed by atoms with Gasteiger partial charge in [-0.25, -0.2) is 13.1 Å². The van der Waals surface area contributed by atoms with E-state index in [-0.39, 0.29) is 17.5 Å². The summed E-state index contributed by atoms with van der Waals surface area (Å²) < 4.78 is 34.9. The van der Waals surface area contributed by atoms with Gasteiger partial charge in [0, 0.05) is 17.8 Å². The first kappa shape index (κ1) is 16.5. The highest BCUT2D eigenvalue weighted by Crippen LogP contribution is 2.27. The maximum Gasteiger partial charge on any atom is 0.244 e. The lowest BCUT2D eigenvalue weighted by atomic mass is 10.2. The van der Waals surface area contributed by atoms with E-state index in [0.717, 1.165) is 5.56 Å². The predicted molar refractivity (Wildman–Crippen MR) is 90.8 cm³/mol. The molecule has 7 heteroatoms. The van der Waals surface area contributed by atoms with Crippen molar-refractivity contribution in [2.75, 3.05) is 0 Å². The van der Waals surface area contributed by atoms with E-state index in [0.29, 0.717) is 11.5 Å². The molecule has 1 aromatic carbocycles. The molecule has 0 saturated carbocycles. The summed E-state index contributed by atoms with van der Waals surface area (Å²) in [6, 6.07) is 12.8. The van der Waals surface area contributed by atoms with E-state index in [1.807, 2.05) is 44.2 Å². The van der Waals surface area contributed by atoms with Gasteiger partial charge in [0.1, 0.15) is 16.3 Å². The number of hydrogen-bond acceptors (Lipinski definition) is 4. The standard InChI is InChI=1S/C17H19N3O3S/c1-13(2)20-12-16(17(19-20)14-7-4-3-5-8-14)24(21,22)18-11-15-9-6-10-23-15/h3-10,12-13,18H,11H2,1-2H3. The van der Waals surface area contributed by atoms with Crippen LogP contribution in [0.4, 0.5) is 0 Å². The van der Waals surface area contributed by atoms with Gasteiger partial charge in [0.25, 0.3) is 0 Å². The van der Waals surface area contributed by atoms with Crippen LogP contribution in [0, 0.1) is 0 Å². The Kier molecular flexibility index (Phi) is 4.55. The molecule has 6 nitrogen and oxygen atoms in total. The molecular weight excluding hydrogens is 326 g/mol. The molecule has 126 valence electrons. The third-order valence-electron chi connectivity index (χ3n) is 3.58. The van der Waals surface area contributed by atoms with Crippen molar-refractivity contribution in [2.45, 2.75) is 31.3 Å². The number of nitrogens with zero attached hydrogens (tertiary/aromatic N) is 2. The average molecular weight is 345 g/mol. The molecule has 0 amide bonds. The highest BCUT2D eigenvalue weighted by molar-refractivity contribution is 7.89. The second kappa shape index (κ2) is 6.62. The zero-order chi connectivity index (χ0) is 17.2. The van der Waals surface area contributed by atoms with E-state index in [4.69, 9.17) is 4.42 Å². The highest BCUT2D eigenvalue weighted by Gasteiger charge is 2.24. The Labute approximate surface area is 141 Å². The summed E-state index contributed by atoms with van der Waals surface area (Å²) in [5.74, 6) is 0.552. The van der Waals surface area contributed by atoms with E-state index in [1.165, 1.54) is 6.26 Å². The number of hydrogen-bond donors (Lipinski definition) is 1. The van der Waals surface area contributed by atoms with E-state index >= 15 is 0 Å². The van der Waals surface area contributed by atoms with Gasteiger partial charge in [0.05, 0.1) is 12.8 Å². The molecule has 0 aliphatic heterocycles. The maximum atomic E-state index is 12.8. The van der Waals surface area contributed by atoms with Crippen LogP contribution in [-0.2, 0) is 16.6 Å². The lowest BCUT2D eigenvalue weighted by Gasteiger charge is -2.05. The number of benzene rings is 1. The predicted octanol–water partition coefficient (Wildman–Crippen LogP) is 3.20. The zero-order valence-electron chi connectivity index (χ0n) is 13.5. The molecule has 0 saturated heterocycles. The summed E-state index contributed by atoms with van der Waals surface area (Å²) in [5, 5.41) is 4.47. The van der Waals surface area contributed by atoms with Crippen LogP contribution >= 0.6 is 0 Å². The van der Waals surface area contributed by atoms with Crippen molar-refractivity contribution in [2.24, 2.45) is 0 Å². The minimum atomic E-state index is -3.72. The number of nitrogens with one attached hydrogen (secondary N) is 1. The minimum absolute atomic E-state index is 0.0569. The third kappa shape index (κ3) is 3.42. The zero-order valence-corrected chi connectivity index (χ0v) is 14.3. The van der Waals surface area contributed by atoms with Crippen molar-refractivity contribution in [3.63, 3.8) is 0 Å². The summed E-state index contributed by atoms with van der Waals surface area (Å²) in [7, 11) is -3.72. The van der Waals surface area contributed by atoms with Gasteiger partial charge in [-0.15, -0.1) is 0 Å². The normalized spacial score (nSPS) is 12.0. The van der Waals surface area contributed by atoms with Crippen LogP contribution in [0.25, 0.3) is 11.3 Å². The molecule has 0 aliphatic rings. The van der Waals surface area contributed by atoms with Gasteiger partial charge in [-0.2, -0.15) is 5.10 Å². The van der Waals surface area contributed by atoms with Crippen LogP contribution in [0.3, 0.4) is 0 Å². The molecule has 2 aromatic heterocycles. The fraction of sp³-hybridized carbons (Fsp3) is 0.235. The molecular formula is C17H19N3O3S. The second-order valence-electron chi connectivity index (χ2n) is 5.69. The second-order valence-corrected chi connectivity index (χ2v) is 7.42. The van der Waals surface area contributed by atoms with Crippen LogP contribution < -0.4 is 4.72 Å². The molecule has 3 rings (SSSR count). The quantitative estimate of drug-likeness (QED) is 0.744. The van der Waals surface area contributed by atoms with Gasteiger partial charge in [-0.3, -0.25) is 4.68 Å². The summed E-state index contributed by atoms with van der Waals surface area (Å²) >= 11 is 0. The van der Waals surface area contributed by atoms with Gasteiger partial charge in [0.2, 0.25) is 10.0 Å². The molecule has 0 bridgehead atoms. The first-order valence-corrected chi connectivity index (χ1v) is 9.12. The van der Waals surface area contributed by atoms with Crippen molar-refractivity contribution in [1.29, 1.82) is 0 Å². The van der Waals surface area contributed by atoms with Crippen molar-refractivity contribution in [3.8, 4) is 11.3 Å². The lowest BCUT2D eigenvalue weighted by Crippen LogP contribution is -2.23. The SMILES string of the molecule is CC(C)n1cc(S(=O)(=O)NCc2ccco2)c(-c2ccccc2)n1. The van der Waals surface area contributed by atoms with Gasteiger partial charge in [-0.1, -0.05) is 30.3 Å². The third-order valence-corrected chi connectivity index (χ3v) is 4.98. The lowest BCUT2D eigenvalue weighted by molar-refractivity contribution is 0.498. The van der Waals surface area contributed by atoms with Gasteiger partial charge >= 0.3 is 0 Å². The number of aromatic nitrogens is 2. The molecule has 0 aliphatic carbocycles. The topological polar surface area (TPSA) is 77.1 Å².